The minimum absolute atomic E-state index is 0.113. The van der Waals surface area contributed by atoms with Crippen LogP contribution in [0.2, 0.25) is 0 Å². The molecule has 0 spiro atoms. The quantitative estimate of drug-likeness (QED) is 0.922. The van der Waals surface area contributed by atoms with Gasteiger partial charge in [0.2, 0.25) is 0 Å². The molecule has 3 nitrogen and oxygen atoms in total. The molecular weight excluding hydrogens is 280 g/mol. The second-order valence-electron chi connectivity index (χ2n) is 7.58. The Morgan fingerprint density at radius 1 is 1.19 bits per heavy atom. The van der Waals surface area contributed by atoms with Crippen LogP contribution in [0.15, 0.2) is 0 Å². The average molecular weight is 308 g/mol. The number of aromatic nitrogens is 1. The van der Waals surface area contributed by atoms with Crippen molar-refractivity contribution >= 4 is 11.3 Å². The highest BCUT2D eigenvalue weighted by Crippen LogP contribution is 2.52. The fourth-order valence-corrected chi connectivity index (χ4v) is 5.65. The second kappa shape index (κ2) is 5.04. The van der Waals surface area contributed by atoms with E-state index in [0.717, 1.165) is 19.4 Å². The molecule has 0 amide bonds. The Morgan fingerprint density at radius 2 is 1.90 bits per heavy atom. The smallest absolute Gasteiger partial charge is 0.116 e. The fraction of sp³-hybridized carbons (Fsp3) is 0.824. The zero-order chi connectivity index (χ0) is 15.3. The van der Waals surface area contributed by atoms with Crippen LogP contribution in [0.4, 0.5) is 0 Å². The van der Waals surface area contributed by atoms with Crippen LogP contribution in [0.5, 0.6) is 0 Å². The largest absolute Gasteiger partial charge is 0.367 e. The Labute approximate surface area is 132 Å². The maximum atomic E-state index is 6.40. The molecule has 1 fully saturated rings. The number of nitrogens with zero attached hydrogens (tertiary/aromatic N) is 1. The molecule has 4 heteroatoms. The third-order valence-corrected chi connectivity index (χ3v) is 6.26. The Morgan fingerprint density at radius 3 is 2.48 bits per heavy atom. The summed E-state index contributed by atoms with van der Waals surface area (Å²) in [6, 6.07) is 0. The standard InChI is InChI=1S/C17H28N2OS/c1-6-18-17(11-15(2,3)20-16(17,4)5)14-19-12-9-7-8-10-13(12)21-14/h18H,6-11H2,1-5H3. The van der Waals surface area contributed by atoms with Crippen molar-refractivity contribution in [3.05, 3.63) is 15.6 Å². The number of nitrogens with one attached hydrogen (secondary N) is 1. The lowest BCUT2D eigenvalue weighted by Gasteiger charge is -2.39. The number of hydrogen-bond acceptors (Lipinski definition) is 4. The molecule has 21 heavy (non-hydrogen) atoms. The van der Waals surface area contributed by atoms with Crippen LogP contribution >= 0.6 is 11.3 Å². The predicted octanol–water partition coefficient (Wildman–Crippen LogP) is 3.80. The number of thiazole rings is 1. The number of aryl methyl sites for hydroxylation is 2. The van der Waals surface area contributed by atoms with Gasteiger partial charge in [-0.15, -0.1) is 11.3 Å². The Balaban J connectivity index is 2.07. The van der Waals surface area contributed by atoms with E-state index in [2.05, 4.69) is 39.9 Å². The predicted molar refractivity (Wildman–Crippen MR) is 88.0 cm³/mol. The minimum Gasteiger partial charge on any atom is -0.367 e. The molecule has 1 aliphatic heterocycles. The summed E-state index contributed by atoms with van der Waals surface area (Å²) >= 11 is 1.92. The summed E-state index contributed by atoms with van der Waals surface area (Å²) in [6.45, 7) is 11.9. The van der Waals surface area contributed by atoms with Crippen molar-refractivity contribution in [2.24, 2.45) is 0 Å². The molecule has 1 aliphatic carbocycles. The molecule has 0 aromatic carbocycles. The van der Waals surface area contributed by atoms with Crippen molar-refractivity contribution in [1.82, 2.24) is 10.3 Å². The summed E-state index contributed by atoms with van der Waals surface area (Å²) in [5.41, 5.74) is 0.831. The normalized spacial score (nSPS) is 30.3. The summed E-state index contributed by atoms with van der Waals surface area (Å²) in [7, 11) is 0. The van der Waals surface area contributed by atoms with Gasteiger partial charge in [0.25, 0.3) is 0 Å². The van der Waals surface area contributed by atoms with E-state index in [1.54, 1.807) is 0 Å². The molecule has 1 aromatic rings. The first kappa shape index (κ1) is 15.4. The fourth-order valence-electron chi connectivity index (χ4n) is 4.19. The number of hydrogen-bond donors (Lipinski definition) is 1. The average Bonchev–Trinajstić information content (AvgIpc) is 2.86. The molecule has 1 unspecified atom stereocenters. The van der Waals surface area contributed by atoms with Gasteiger partial charge in [0, 0.05) is 11.3 Å². The van der Waals surface area contributed by atoms with Gasteiger partial charge in [0.15, 0.2) is 0 Å². The first-order valence-corrected chi connectivity index (χ1v) is 9.06. The lowest BCUT2D eigenvalue weighted by atomic mass is 9.79. The number of ether oxygens (including phenoxy) is 1. The van der Waals surface area contributed by atoms with Crippen molar-refractivity contribution < 1.29 is 4.74 Å². The van der Waals surface area contributed by atoms with Crippen LogP contribution in [0.1, 0.15) is 69.5 Å². The van der Waals surface area contributed by atoms with E-state index in [4.69, 9.17) is 9.72 Å². The summed E-state index contributed by atoms with van der Waals surface area (Å²) in [4.78, 5) is 6.57. The summed E-state index contributed by atoms with van der Waals surface area (Å²) in [5.74, 6) is 0. The van der Waals surface area contributed by atoms with Gasteiger partial charge in [0.05, 0.1) is 16.9 Å². The Bertz CT molecular complexity index is 511. The SMILES string of the molecule is CCNC1(c2nc3c(s2)CCCC3)CC(C)(C)OC1(C)C. The third kappa shape index (κ3) is 2.45. The third-order valence-electron chi connectivity index (χ3n) is 4.94. The van der Waals surface area contributed by atoms with Gasteiger partial charge in [-0.05, 0) is 59.9 Å². The van der Waals surface area contributed by atoms with Crippen LogP contribution in [-0.2, 0) is 23.1 Å². The van der Waals surface area contributed by atoms with E-state index in [0.29, 0.717) is 0 Å². The molecule has 2 heterocycles. The first-order chi connectivity index (χ1) is 9.80. The molecule has 0 radical (unpaired) electrons. The first-order valence-electron chi connectivity index (χ1n) is 8.24. The highest BCUT2D eigenvalue weighted by atomic mass is 32.1. The molecule has 118 valence electrons. The maximum absolute atomic E-state index is 6.40. The molecule has 1 atom stereocenters. The van der Waals surface area contributed by atoms with Gasteiger partial charge in [-0.3, -0.25) is 0 Å². The van der Waals surface area contributed by atoms with Gasteiger partial charge in [0.1, 0.15) is 10.5 Å². The highest BCUT2D eigenvalue weighted by molar-refractivity contribution is 7.12. The maximum Gasteiger partial charge on any atom is 0.116 e. The molecular formula is C17H28N2OS. The van der Waals surface area contributed by atoms with Crippen molar-refractivity contribution in [2.75, 3.05) is 6.54 Å². The molecule has 1 saturated heterocycles. The van der Waals surface area contributed by atoms with Gasteiger partial charge in [-0.1, -0.05) is 6.92 Å². The van der Waals surface area contributed by atoms with E-state index >= 15 is 0 Å². The van der Waals surface area contributed by atoms with Crippen molar-refractivity contribution in [3.63, 3.8) is 0 Å². The second-order valence-corrected chi connectivity index (χ2v) is 8.66. The number of rotatable bonds is 3. The van der Waals surface area contributed by atoms with Crippen LogP contribution in [0, 0.1) is 0 Å². The van der Waals surface area contributed by atoms with E-state index in [1.807, 2.05) is 11.3 Å². The van der Waals surface area contributed by atoms with Crippen molar-refractivity contribution in [1.29, 1.82) is 0 Å². The van der Waals surface area contributed by atoms with E-state index in [1.165, 1.54) is 34.8 Å². The van der Waals surface area contributed by atoms with Crippen LogP contribution in [-0.4, -0.2) is 22.7 Å². The monoisotopic (exact) mass is 308 g/mol. The number of fused-ring (bicyclic) bond motifs is 1. The van der Waals surface area contributed by atoms with Crippen molar-refractivity contribution in [3.8, 4) is 0 Å². The van der Waals surface area contributed by atoms with Crippen LogP contribution < -0.4 is 5.32 Å². The van der Waals surface area contributed by atoms with Gasteiger partial charge in [-0.25, -0.2) is 4.98 Å². The van der Waals surface area contributed by atoms with E-state index in [-0.39, 0.29) is 16.7 Å². The number of likely N-dealkylation sites (N-methyl/N-ethyl adjacent to an activating group) is 1. The molecule has 0 saturated carbocycles. The molecule has 1 aromatic heterocycles. The van der Waals surface area contributed by atoms with Crippen molar-refractivity contribution in [2.45, 2.75) is 83.5 Å². The van der Waals surface area contributed by atoms with Gasteiger partial charge >= 0.3 is 0 Å². The van der Waals surface area contributed by atoms with Crippen LogP contribution in [0.25, 0.3) is 0 Å². The molecule has 3 rings (SSSR count). The lowest BCUT2D eigenvalue weighted by Crippen LogP contribution is -2.54. The molecule has 1 N–H and O–H groups in total. The summed E-state index contributed by atoms with van der Waals surface area (Å²) in [5, 5.41) is 4.99. The van der Waals surface area contributed by atoms with E-state index in [9.17, 15) is 0 Å². The Kier molecular flexibility index (Phi) is 3.70. The molecule has 0 bridgehead atoms. The molecule has 2 aliphatic rings. The lowest BCUT2D eigenvalue weighted by molar-refractivity contribution is -0.0842. The summed E-state index contributed by atoms with van der Waals surface area (Å²) in [6.07, 6.45) is 5.94. The Hall–Kier alpha value is -0.450. The van der Waals surface area contributed by atoms with E-state index < -0.39 is 0 Å². The van der Waals surface area contributed by atoms with Gasteiger partial charge in [-0.2, -0.15) is 0 Å². The zero-order valence-corrected chi connectivity index (χ0v) is 14.8. The van der Waals surface area contributed by atoms with Gasteiger partial charge < -0.3 is 10.1 Å². The minimum atomic E-state index is -0.243. The van der Waals surface area contributed by atoms with Crippen LogP contribution in [0.3, 0.4) is 0 Å². The zero-order valence-electron chi connectivity index (χ0n) is 14.0. The topological polar surface area (TPSA) is 34.2 Å². The summed E-state index contributed by atoms with van der Waals surface area (Å²) < 4.78 is 6.40. The highest BCUT2D eigenvalue weighted by Gasteiger charge is 2.59.